The Morgan fingerprint density at radius 3 is 2.79 bits per heavy atom. The van der Waals surface area contributed by atoms with Gasteiger partial charge in [0.05, 0.1) is 12.3 Å². The Balaban J connectivity index is 1.61. The van der Waals surface area contributed by atoms with Gasteiger partial charge in [-0.05, 0) is 55.3 Å². The SMILES string of the molecule is CCOc1ccccc1NC(=O)c1ccnc(NCCc2cccc(Cl)c2)c1. The smallest absolute Gasteiger partial charge is 0.255 e. The van der Waals surface area contributed by atoms with Gasteiger partial charge in [0.15, 0.2) is 0 Å². The lowest BCUT2D eigenvalue weighted by Gasteiger charge is -2.12. The molecule has 2 N–H and O–H groups in total. The Hall–Kier alpha value is -3.05. The molecule has 3 aromatic rings. The summed E-state index contributed by atoms with van der Waals surface area (Å²) < 4.78 is 5.55. The minimum absolute atomic E-state index is 0.215. The zero-order valence-corrected chi connectivity index (χ0v) is 16.4. The fourth-order valence-electron chi connectivity index (χ4n) is 2.74. The summed E-state index contributed by atoms with van der Waals surface area (Å²) in [7, 11) is 0. The second-order valence-corrected chi connectivity index (χ2v) is 6.56. The van der Waals surface area contributed by atoms with Crippen molar-refractivity contribution in [2.45, 2.75) is 13.3 Å². The van der Waals surface area contributed by atoms with Gasteiger partial charge in [-0.15, -0.1) is 0 Å². The molecule has 1 amide bonds. The summed E-state index contributed by atoms with van der Waals surface area (Å²) in [6.45, 7) is 3.12. The number of ether oxygens (including phenoxy) is 1. The van der Waals surface area contributed by atoms with Gasteiger partial charge < -0.3 is 15.4 Å². The predicted molar refractivity (Wildman–Crippen MR) is 113 cm³/mol. The van der Waals surface area contributed by atoms with Crippen LogP contribution in [-0.4, -0.2) is 24.0 Å². The summed E-state index contributed by atoms with van der Waals surface area (Å²) in [6, 6.07) is 18.5. The lowest BCUT2D eigenvalue weighted by atomic mass is 10.1. The Bertz CT molecular complexity index is 946. The highest BCUT2D eigenvalue weighted by molar-refractivity contribution is 6.30. The molecule has 0 unspecified atom stereocenters. The fraction of sp³-hybridized carbons (Fsp3) is 0.182. The van der Waals surface area contributed by atoms with Crippen LogP contribution >= 0.6 is 11.6 Å². The molecule has 0 aliphatic carbocycles. The molecule has 0 radical (unpaired) electrons. The summed E-state index contributed by atoms with van der Waals surface area (Å²) in [6.07, 6.45) is 2.42. The van der Waals surface area contributed by atoms with Gasteiger partial charge in [-0.1, -0.05) is 35.9 Å². The van der Waals surface area contributed by atoms with E-state index in [0.717, 1.165) is 17.0 Å². The second-order valence-electron chi connectivity index (χ2n) is 6.12. The van der Waals surface area contributed by atoms with E-state index >= 15 is 0 Å². The Labute approximate surface area is 169 Å². The first-order valence-electron chi connectivity index (χ1n) is 9.13. The highest BCUT2D eigenvalue weighted by Crippen LogP contribution is 2.24. The Kier molecular flexibility index (Phi) is 6.87. The topological polar surface area (TPSA) is 63.2 Å². The van der Waals surface area contributed by atoms with Gasteiger partial charge in [-0.25, -0.2) is 4.98 Å². The number of nitrogens with zero attached hydrogens (tertiary/aromatic N) is 1. The number of amides is 1. The summed E-state index contributed by atoms with van der Waals surface area (Å²) >= 11 is 6.01. The van der Waals surface area contributed by atoms with Crippen LogP contribution in [-0.2, 0) is 6.42 Å². The summed E-state index contributed by atoms with van der Waals surface area (Å²) in [5.41, 5.74) is 2.30. The van der Waals surface area contributed by atoms with E-state index in [0.29, 0.717) is 36.0 Å². The molecule has 0 aliphatic heterocycles. The second kappa shape index (κ2) is 9.76. The molecule has 0 aliphatic rings. The van der Waals surface area contributed by atoms with Crippen molar-refractivity contribution < 1.29 is 9.53 Å². The maximum absolute atomic E-state index is 12.6. The molecule has 6 heteroatoms. The van der Waals surface area contributed by atoms with Crippen LogP contribution < -0.4 is 15.4 Å². The van der Waals surface area contributed by atoms with Gasteiger partial charge in [0.2, 0.25) is 0 Å². The van der Waals surface area contributed by atoms with Crippen LogP contribution in [0.4, 0.5) is 11.5 Å². The minimum Gasteiger partial charge on any atom is -0.492 e. The summed E-state index contributed by atoms with van der Waals surface area (Å²) in [5, 5.41) is 6.86. The summed E-state index contributed by atoms with van der Waals surface area (Å²) in [5.74, 6) is 1.08. The lowest BCUT2D eigenvalue weighted by Crippen LogP contribution is -2.14. The number of hydrogen-bond donors (Lipinski definition) is 2. The van der Waals surface area contributed by atoms with Gasteiger partial charge >= 0.3 is 0 Å². The lowest BCUT2D eigenvalue weighted by molar-refractivity contribution is 0.102. The molecule has 5 nitrogen and oxygen atoms in total. The largest absolute Gasteiger partial charge is 0.492 e. The quantitative estimate of drug-likeness (QED) is 0.560. The molecule has 2 aromatic carbocycles. The fourth-order valence-corrected chi connectivity index (χ4v) is 2.95. The first-order chi connectivity index (χ1) is 13.7. The van der Waals surface area contributed by atoms with Crippen molar-refractivity contribution in [3.63, 3.8) is 0 Å². The highest BCUT2D eigenvalue weighted by atomic mass is 35.5. The predicted octanol–water partition coefficient (Wildman–Crippen LogP) is 5.04. The maximum Gasteiger partial charge on any atom is 0.255 e. The number of aromatic nitrogens is 1. The van der Waals surface area contributed by atoms with Crippen LogP contribution in [0, 0.1) is 0 Å². The summed E-state index contributed by atoms with van der Waals surface area (Å²) in [4.78, 5) is 16.9. The van der Waals surface area contributed by atoms with Crippen molar-refractivity contribution in [3.05, 3.63) is 83.0 Å². The van der Waals surface area contributed by atoms with E-state index in [1.165, 1.54) is 0 Å². The van der Waals surface area contributed by atoms with Crippen LogP contribution in [0.15, 0.2) is 66.9 Å². The highest BCUT2D eigenvalue weighted by Gasteiger charge is 2.10. The monoisotopic (exact) mass is 395 g/mol. The van der Waals surface area contributed by atoms with Gasteiger partial charge in [0.1, 0.15) is 11.6 Å². The maximum atomic E-state index is 12.6. The molecule has 3 rings (SSSR count). The molecule has 0 bridgehead atoms. The molecule has 0 atom stereocenters. The number of nitrogens with one attached hydrogen (secondary N) is 2. The van der Waals surface area contributed by atoms with E-state index in [1.807, 2.05) is 55.5 Å². The average molecular weight is 396 g/mol. The zero-order valence-electron chi connectivity index (χ0n) is 15.6. The van der Waals surface area contributed by atoms with Crippen molar-refractivity contribution in [3.8, 4) is 5.75 Å². The molecule has 0 fully saturated rings. The number of hydrogen-bond acceptors (Lipinski definition) is 4. The van der Waals surface area contributed by atoms with E-state index in [4.69, 9.17) is 16.3 Å². The molecule has 1 heterocycles. The first-order valence-corrected chi connectivity index (χ1v) is 9.51. The number of pyridine rings is 1. The molecule has 0 saturated carbocycles. The molecule has 1 aromatic heterocycles. The molecular weight excluding hydrogens is 374 g/mol. The van der Waals surface area contributed by atoms with Crippen LogP contribution in [0.25, 0.3) is 0 Å². The normalized spacial score (nSPS) is 10.4. The zero-order chi connectivity index (χ0) is 19.8. The van der Waals surface area contributed by atoms with Gasteiger partial charge in [-0.3, -0.25) is 4.79 Å². The van der Waals surface area contributed by atoms with Crippen LogP contribution in [0.3, 0.4) is 0 Å². The average Bonchev–Trinajstić information content (AvgIpc) is 2.70. The van der Waals surface area contributed by atoms with Crippen molar-refractivity contribution in [1.29, 1.82) is 0 Å². The number of benzene rings is 2. The number of halogens is 1. The number of carbonyl (C=O) groups excluding carboxylic acids is 1. The Morgan fingerprint density at radius 1 is 1.11 bits per heavy atom. The van der Waals surface area contributed by atoms with Crippen LogP contribution in [0.5, 0.6) is 5.75 Å². The van der Waals surface area contributed by atoms with E-state index in [2.05, 4.69) is 15.6 Å². The van der Waals surface area contributed by atoms with E-state index in [9.17, 15) is 4.79 Å². The number of carbonyl (C=O) groups is 1. The van der Waals surface area contributed by atoms with Crippen molar-refractivity contribution in [2.24, 2.45) is 0 Å². The van der Waals surface area contributed by atoms with Gasteiger partial charge in [0, 0.05) is 23.3 Å². The standard InChI is InChI=1S/C22H22ClN3O2/c1-2-28-20-9-4-3-8-19(20)26-22(27)17-11-13-25-21(15-17)24-12-10-16-6-5-7-18(23)14-16/h3-9,11,13-15H,2,10,12H2,1H3,(H,24,25)(H,26,27). The minimum atomic E-state index is -0.215. The van der Waals surface area contributed by atoms with Gasteiger partial charge in [-0.2, -0.15) is 0 Å². The molecule has 28 heavy (non-hydrogen) atoms. The third-order valence-corrected chi connectivity index (χ3v) is 4.30. The van der Waals surface area contributed by atoms with E-state index in [1.54, 1.807) is 18.3 Å². The number of rotatable bonds is 8. The van der Waals surface area contributed by atoms with Crippen LogP contribution in [0.2, 0.25) is 5.02 Å². The van der Waals surface area contributed by atoms with Crippen LogP contribution in [0.1, 0.15) is 22.8 Å². The van der Waals surface area contributed by atoms with Crippen molar-refractivity contribution >= 4 is 29.0 Å². The molecule has 0 spiro atoms. The third kappa shape index (κ3) is 5.47. The molecular formula is C22H22ClN3O2. The van der Waals surface area contributed by atoms with Crippen molar-refractivity contribution in [2.75, 3.05) is 23.8 Å². The first kappa shape index (κ1) is 19.7. The third-order valence-electron chi connectivity index (χ3n) is 4.07. The Morgan fingerprint density at radius 2 is 1.96 bits per heavy atom. The van der Waals surface area contributed by atoms with E-state index < -0.39 is 0 Å². The number of para-hydroxylation sites is 2. The van der Waals surface area contributed by atoms with E-state index in [-0.39, 0.29) is 5.91 Å². The number of anilines is 2. The van der Waals surface area contributed by atoms with Crippen molar-refractivity contribution in [1.82, 2.24) is 4.98 Å². The molecule has 0 saturated heterocycles. The molecule has 144 valence electrons. The van der Waals surface area contributed by atoms with Gasteiger partial charge in [0.25, 0.3) is 5.91 Å².